The summed E-state index contributed by atoms with van der Waals surface area (Å²) in [5.74, 6) is 0.724. The molecule has 0 amide bonds. The predicted molar refractivity (Wildman–Crippen MR) is 61.6 cm³/mol. The van der Waals surface area contributed by atoms with Crippen molar-refractivity contribution in [3.63, 3.8) is 0 Å². The van der Waals surface area contributed by atoms with E-state index in [4.69, 9.17) is 10.2 Å². The minimum atomic E-state index is 0.320. The van der Waals surface area contributed by atoms with E-state index in [1.807, 2.05) is 12.3 Å². The maximum atomic E-state index is 6.27. The second kappa shape index (κ2) is 5.36. The van der Waals surface area contributed by atoms with Crippen LogP contribution in [0, 0.1) is 5.92 Å². The molecule has 1 aromatic rings. The molecule has 0 aliphatic heterocycles. The Hall–Kier alpha value is -0.760. The highest BCUT2D eigenvalue weighted by molar-refractivity contribution is 5.07. The van der Waals surface area contributed by atoms with Crippen molar-refractivity contribution in [1.29, 1.82) is 0 Å². The van der Waals surface area contributed by atoms with Gasteiger partial charge in [-0.15, -0.1) is 0 Å². The summed E-state index contributed by atoms with van der Waals surface area (Å²) in [5, 5.41) is 0. The lowest BCUT2D eigenvalue weighted by molar-refractivity contribution is 0.372. The molecule has 1 heterocycles. The van der Waals surface area contributed by atoms with Crippen molar-refractivity contribution in [2.24, 2.45) is 11.7 Å². The third kappa shape index (κ3) is 3.10. The Morgan fingerprint density at radius 1 is 1.27 bits per heavy atom. The van der Waals surface area contributed by atoms with E-state index < -0.39 is 0 Å². The summed E-state index contributed by atoms with van der Waals surface area (Å²) < 4.78 is 5.07. The first-order valence-electron chi connectivity index (χ1n) is 6.13. The van der Waals surface area contributed by atoms with Crippen LogP contribution in [0.1, 0.15) is 44.1 Å². The number of hydrogen-bond acceptors (Lipinski definition) is 2. The molecule has 1 aromatic heterocycles. The quantitative estimate of drug-likeness (QED) is 0.773. The van der Waals surface area contributed by atoms with Gasteiger partial charge in [0.05, 0.1) is 12.5 Å². The fourth-order valence-corrected chi connectivity index (χ4v) is 2.59. The van der Waals surface area contributed by atoms with Gasteiger partial charge in [-0.25, -0.2) is 0 Å². The second-order valence-corrected chi connectivity index (χ2v) is 4.75. The molecule has 2 heteroatoms. The molecule has 1 aliphatic rings. The molecule has 1 aliphatic carbocycles. The smallest absolute Gasteiger partial charge is 0.0935 e. The van der Waals surface area contributed by atoms with E-state index >= 15 is 0 Å². The Balaban J connectivity index is 1.86. The lowest BCUT2D eigenvalue weighted by atomic mass is 9.89. The van der Waals surface area contributed by atoms with Crippen LogP contribution in [-0.4, -0.2) is 6.04 Å². The zero-order chi connectivity index (χ0) is 10.5. The van der Waals surface area contributed by atoms with Crippen LogP contribution in [-0.2, 0) is 6.42 Å². The summed E-state index contributed by atoms with van der Waals surface area (Å²) >= 11 is 0. The highest BCUT2D eigenvalue weighted by atomic mass is 16.3. The van der Waals surface area contributed by atoms with E-state index in [2.05, 4.69) is 0 Å². The predicted octanol–water partition coefficient (Wildman–Crippen LogP) is 3.12. The minimum Gasteiger partial charge on any atom is -0.472 e. The van der Waals surface area contributed by atoms with Crippen molar-refractivity contribution in [2.75, 3.05) is 0 Å². The molecule has 2 nitrogen and oxygen atoms in total. The fourth-order valence-electron chi connectivity index (χ4n) is 2.59. The van der Waals surface area contributed by atoms with Gasteiger partial charge in [0.25, 0.3) is 0 Å². The SMILES string of the molecule is NC(Cc1ccoc1)C1CCCCCC1. The van der Waals surface area contributed by atoms with Crippen molar-refractivity contribution in [2.45, 2.75) is 51.0 Å². The summed E-state index contributed by atoms with van der Waals surface area (Å²) in [6.45, 7) is 0. The molecule has 15 heavy (non-hydrogen) atoms. The normalized spacial score (nSPS) is 21.1. The van der Waals surface area contributed by atoms with Gasteiger partial charge < -0.3 is 10.2 Å². The largest absolute Gasteiger partial charge is 0.472 e. The molecular weight excluding hydrogens is 186 g/mol. The first kappa shape index (κ1) is 10.7. The molecule has 0 aromatic carbocycles. The van der Waals surface area contributed by atoms with E-state index in [0.717, 1.165) is 12.3 Å². The average molecular weight is 207 g/mol. The van der Waals surface area contributed by atoms with Crippen molar-refractivity contribution in [1.82, 2.24) is 0 Å². The lowest BCUT2D eigenvalue weighted by Gasteiger charge is -2.21. The number of hydrogen-bond donors (Lipinski definition) is 1. The van der Waals surface area contributed by atoms with Gasteiger partial charge in [0.2, 0.25) is 0 Å². The van der Waals surface area contributed by atoms with Crippen LogP contribution < -0.4 is 5.73 Å². The van der Waals surface area contributed by atoms with E-state index in [-0.39, 0.29) is 0 Å². The summed E-state index contributed by atoms with van der Waals surface area (Å²) in [4.78, 5) is 0. The topological polar surface area (TPSA) is 39.2 Å². The molecule has 0 saturated heterocycles. The van der Waals surface area contributed by atoms with Gasteiger partial charge in [-0.2, -0.15) is 0 Å². The highest BCUT2D eigenvalue weighted by Gasteiger charge is 2.19. The first-order valence-corrected chi connectivity index (χ1v) is 6.13. The minimum absolute atomic E-state index is 0.320. The molecule has 2 N–H and O–H groups in total. The molecule has 0 radical (unpaired) electrons. The van der Waals surface area contributed by atoms with Crippen LogP contribution >= 0.6 is 0 Å². The van der Waals surface area contributed by atoms with Crippen LogP contribution in [0.25, 0.3) is 0 Å². The molecule has 2 rings (SSSR count). The Morgan fingerprint density at radius 2 is 2.00 bits per heavy atom. The van der Waals surface area contributed by atoms with Gasteiger partial charge >= 0.3 is 0 Å². The molecule has 0 bridgehead atoms. The van der Waals surface area contributed by atoms with Gasteiger partial charge in [0.1, 0.15) is 0 Å². The Labute approximate surface area is 91.8 Å². The van der Waals surface area contributed by atoms with Gasteiger partial charge in [-0.1, -0.05) is 25.7 Å². The maximum Gasteiger partial charge on any atom is 0.0935 e. The van der Waals surface area contributed by atoms with E-state index in [1.165, 1.54) is 44.1 Å². The van der Waals surface area contributed by atoms with Crippen molar-refractivity contribution in [3.8, 4) is 0 Å². The van der Waals surface area contributed by atoms with Crippen molar-refractivity contribution >= 4 is 0 Å². The maximum absolute atomic E-state index is 6.27. The Morgan fingerprint density at radius 3 is 2.60 bits per heavy atom. The molecule has 1 atom stereocenters. The molecule has 1 unspecified atom stereocenters. The molecule has 1 saturated carbocycles. The van der Waals surface area contributed by atoms with E-state index in [9.17, 15) is 0 Å². The molecule has 0 spiro atoms. The summed E-state index contributed by atoms with van der Waals surface area (Å²) in [6.07, 6.45) is 12.7. The van der Waals surface area contributed by atoms with Crippen LogP contribution in [0.2, 0.25) is 0 Å². The summed E-state index contributed by atoms with van der Waals surface area (Å²) in [5.41, 5.74) is 7.51. The summed E-state index contributed by atoms with van der Waals surface area (Å²) in [7, 11) is 0. The van der Waals surface area contributed by atoms with Crippen LogP contribution in [0.5, 0.6) is 0 Å². The fraction of sp³-hybridized carbons (Fsp3) is 0.692. The zero-order valence-electron chi connectivity index (χ0n) is 9.32. The molecular formula is C13H21NO. The third-order valence-electron chi connectivity index (χ3n) is 3.56. The van der Waals surface area contributed by atoms with Gasteiger partial charge in [-0.05, 0) is 36.8 Å². The van der Waals surface area contributed by atoms with Crippen molar-refractivity contribution < 1.29 is 4.42 Å². The third-order valence-corrected chi connectivity index (χ3v) is 3.56. The number of nitrogens with two attached hydrogens (primary N) is 1. The van der Waals surface area contributed by atoms with Crippen LogP contribution in [0.4, 0.5) is 0 Å². The Kier molecular flexibility index (Phi) is 3.84. The number of furan rings is 1. The monoisotopic (exact) mass is 207 g/mol. The highest BCUT2D eigenvalue weighted by Crippen LogP contribution is 2.26. The Bertz CT molecular complexity index is 260. The molecule has 1 fully saturated rings. The van der Waals surface area contributed by atoms with Crippen molar-refractivity contribution in [3.05, 3.63) is 24.2 Å². The second-order valence-electron chi connectivity index (χ2n) is 4.75. The number of rotatable bonds is 3. The van der Waals surface area contributed by atoms with E-state index in [0.29, 0.717) is 6.04 Å². The summed E-state index contributed by atoms with van der Waals surface area (Å²) in [6, 6.07) is 2.34. The van der Waals surface area contributed by atoms with Gasteiger partial charge in [0, 0.05) is 6.04 Å². The van der Waals surface area contributed by atoms with E-state index in [1.54, 1.807) is 6.26 Å². The van der Waals surface area contributed by atoms with Gasteiger partial charge in [-0.3, -0.25) is 0 Å². The average Bonchev–Trinajstić information content (AvgIpc) is 2.58. The van der Waals surface area contributed by atoms with Crippen LogP contribution in [0.3, 0.4) is 0 Å². The van der Waals surface area contributed by atoms with Gasteiger partial charge in [0.15, 0.2) is 0 Å². The lowest BCUT2D eigenvalue weighted by Crippen LogP contribution is -2.31. The first-order chi connectivity index (χ1) is 7.36. The van der Waals surface area contributed by atoms with Crippen LogP contribution in [0.15, 0.2) is 23.0 Å². The molecule has 84 valence electrons. The standard InChI is InChI=1S/C13H21NO/c14-13(9-11-7-8-15-10-11)12-5-3-1-2-4-6-12/h7-8,10,12-13H,1-6,9,14H2. The zero-order valence-corrected chi connectivity index (χ0v) is 9.32.